The fraction of sp³-hybridized carbons (Fsp3) is 0.333. The van der Waals surface area contributed by atoms with Gasteiger partial charge in [0.1, 0.15) is 0 Å². The average molecular weight is 1170 g/mol. The molecule has 456 valence electrons. The van der Waals surface area contributed by atoms with E-state index in [1.54, 1.807) is 0 Å². The van der Waals surface area contributed by atoms with E-state index in [4.69, 9.17) is 13.2 Å². The molecular weight excluding hydrogens is 1060 g/mol. The largest absolute Gasteiger partial charge is 0.311 e. The standard InChI is InChI=1S/C84H100N4/c1-23-25-28-57(3)85(58(4)29-26-24-2)76-30-27-31-77(88-74-50-40-64(83(17,18)19)54-72(74)73-55-65(84(20,21)22)41-51-75(73)88)78(76)59-52-70(86(66-42-32-60(33-43-66)79(5,6)7)67-44-34-61(35-45-67)80(8,9)10)56-71(53-59)87(68-46-36-62(37-47-68)81(11,12)13)69-48-38-63(39-49-69)82(14,15)16/h25-56H,3-4,23-24H2,1-2,5-22H3/b28-25-,29-26-. The highest BCUT2D eigenvalue weighted by molar-refractivity contribution is 6.11. The number of benzene rings is 8. The number of hydrogen-bond acceptors (Lipinski definition) is 3. The van der Waals surface area contributed by atoms with Crippen LogP contribution < -0.4 is 14.7 Å². The van der Waals surface area contributed by atoms with Crippen LogP contribution in [0.15, 0.2) is 219 Å². The van der Waals surface area contributed by atoms with Gasteiger partial charge in [0.15, 0.2) is 0 Å². The van der Waals surface area contributed by atoms with E-state index in [2.05, 4.69) is 352 Å². The fourth-order valence-corrected chi connectivity index (χ4v) is 11.9. The summed E-state index contributed by atoms with van der Waals surface area (Å²) < 4.78 is 2.53. The number of fused-ring (bicyclic) bond motifs is 3. The van der Waals surface area contributed by atoms with Crippen LogP contribution >= 0.6 is 0 Å². The van der Waals surface area contributed by atoms with Gasteiger partial charge in [0.2, 0.25) is 0 Å². The number of rotatable bonds is 15. The molecule has 0 unspecified atom stereocenters. The molecule has 4 nitrogen and oxygen atoms in total. The van der Waals surface area contributed by atoms with E-state index in [1.807, 2.05) is 0 Å². The van der Waals surface area contributed by atoms with Crippen molar-refractivity contribution in [1.29, 1.82) is 0 Å². The maximum absolute atomic E-state index is 4.86. The van der Waals surface area contributed by atoms with Crippen LogP contribution in [-0.2, 0) is 32.5 Å². The van der Waals surface area contributed by atoms with E-state index >= 15 is 0 Å². The van der Waals surface area contributed by atoms with Gasteiger partial charge < -0.3 is 19.3 Å². The molecule has 4 heteroatoms. The summed E-state index contributed by atoms with van der Waals surface area (Å²) in [5, 5.41) is 2.46. The molecule has 0 aliphatic heterocycles. The second-order valence-electron chi connectivity index (χ2n) is 30.5. The third-order valence-corrected chi connectivity index (χ3v) is 17.3. The van der Waals surface area contributed by atoms with Gasteiger partial charge in [-0.15, -0.1) is 0 Å². The first-order valence-corrected chi connectivity index (χ1v) is 32.1. The Morgan fingerprint density at radius 3 is 0.966 bits per heavy atom. The van der Waals surface area contributed by atoms with Crippen molar-refractivity contribution in [2.24, 2.45) is 0 Å². The summed E-state index contributed by atoms with van der Waals surface area (Å²) in [6.45, 7) is 55.5. The maximum Gasteiger partial charge on any atom is 0.0561 e. The molecule has 8 aromatic carbocycles. The smallest absolute Gasteiger partial charge is 0.0561 e. The Kier molecular flexibility index (Phi) is 17.9. The van der Waals surface area contributed by atoms with Crippen molar-refractivity contribution in [3.8, 4) is 16.8 Å². The van der Waals surface area contributed by atoms with Gasteiger partial charge in [0, 0.05) is 61.9 Å². The molecule has 1 aromatic heterocycles. The molecular formula is C84H100N4. The minimum atomic E-state index is -0.0661. The molecule has 0 bridgehead atoms. The van der Waals surface area contributed by atoms with Crippen molar-refractivity contribution in [3.63, 3.8) is 0 Å². The van der Waals surface area contributed by atoms with E-state index in [0.717, 1.165) is 91.9 Å². The van der Waals surface area contributed by atoms with Crippen LogP contribution in [0.1, 0.15) is 185 Å². The van der Waals surface area contributed by atoms with Crippen molar-refractivity contribution in [3.05, 3.63) is 252 Å². The summed E-state index contributed by atoms with van der Waals surface area (Å²) in [6, 6.07) is 65.4. The quantitative estimate of drug-likeness (QED) is 0.0951. The fourth-order valence-electron chi connectivity index (χ4n) is 11.9. The Hall–Kier alpha value is -8.08. The normalized spacial score (nSPS) is 12.9. The summed E-state index contributed by atoms with van der Waals surface area (Å²) >= 11 is 0. The summed E-state index contributed by atoms with van der Waals surface area (Å²) in [7, 11) is 0. The summed E-state index contributed by atoms with van der Waals surface area (Å²) in [5.41, 5.74) is 21.7. The van der Waals surface area contributed by atoms with Crippen molar-refractivity contribution in [1.82, 2.24) is 4.57 Å². The van der Waals surface area contributed by atoms with E-state index < -0.39 is 0 Å². The van der Waals surface area contributed by atoms with Crippen LogP contribution in [0.2, 0.25) is 0 Å². The summed E-state index contributed by atoms with van der Waals surface area (Å²) in [5.74, 6) is 0. The van der Waals surface area contributed by atoms with Crippen molar-refractivity contribution >= 4 is 61.6 Å². The van der Waals surface area contributed by atoms with E-state index in [-0.39, 0.29) is 32.5 Å². The molecule has 0 saturated heterocycles. The van der Waals surface area contributed by atoms with Crippen LogP contribution in [0, 0.1) is 0 Å². The lowest BCUT2D eigenvalue weighted by Gasteiger charge is -2.33. The first-order valence-electron chi connectivity index (χ1n) is 32.1. The van der Waals surface area contributed by atoms with Crippen molar-refractivity contribution in [2.75, 3.05) is 14.7 Å². The number of allylic oxidation sites excluding steroid dienone is 4. The Bertz CT molecular complexity index is 3690. The molecule has 9 rings (SSSR count). The highest BCUT2D eigenvalue weighted by atomic mass is 15.2. The van der Waals surface area contributed by atoms with Gasteiger partial charge in [-0.05, 0) is 200 Å². The molecule has 0 amide bonds. The first-order chi connectivity index (χ1) is 41.2. The number of anilines is 7. The highest BCUT2D eigenvalue weighted by Gasteiger charge is 2.29. The molecule has 0 aliphatic carbocycles. The first kappa shape index (κ1) is 64.4. The minimum Gasteiger partial charge on any atom is -0.311 e. The van der Waals surface area contributed by atoms with Crippen LogP contribution in [0.25, 0.3) is 38.6 Å². The Labute approximate surface area is 530 Å². The zero-order valence-electron chi connectivity index (χ0n) is 57.1. The van der Waals surface area contributed by atoms with Crippen LogP contribution in [-0.4, -0.2) is 4.57 Å². The van der Waals surface area contributed by atoms with Gasteiger partial charge in [-0.25, -0.2) is 0 Å². The van der Waals surface area contributed by atoms with Gasteiger partial charge in [-0.1, -0.05) is 231 Å². The maximum atomic E-state index is 4.86. The predicted octanol–water partition coefficient (Wildman–Crippen LogP) is 24.9. The number of hydrogen-bond donors (Lipinski definition) is 0. The predicted molar refractivity (Wildman–Crippen MR) is 387 cm³/mol. The molecule has 0 spiro atoms. The molecule has 0 fully saturated rings. The Morgan fingerprint density at radius 2 is 0.670 bits per heavy atom. The van der Waals surface area contributed by atoms with Crippen LogP contribution in [0.4, 0.5) is 39.8 Å². The zero-order chi connectivity index (χ0) is 64.1. The van der Waals surface area contributed by atoms with Gasteiger partial charge in [-0.2, -0.15) is 0 Å². The summed E-state index contributed by atoms with van der Waals surface area (Å²) in [4.78, 5) is 7.20. The molecule has 1 heterocycles. The molecule has 0 atom stereocenters. The molecule has 0 saturated carbocycles. The molecule has 0 radical (unpaired) electrons. The highest BCUT2D eigenvalue weighted by Crippen LogP contribution is 2.50. The Morgan fingerprint density at radius 1 is 0.364 bits per heavy atom. The monoisotopic (exact) mass is 1160 g/mol. The van der Waals surface area contributed by atoms with Gasteiger partial charge in [-0.3, -0.25) is 0 Å². The van der Waals surface area contributed by atoms with E-state index in [1.165, 1.54) is 44.2 Å². The van der Waals surface area contributed by atoms with Crippen LogP contribution in [0.5, 0.6) is 0 Å². The van der Waals surface area contributed by atoms with Gasteiger partial charge in [0.05, 0.1) is 22.4 Å². The third-order valence-electron chi connectivity index (χ3n) is 17.3. The van der Waals surface area contributed by atoms with E-state index in [0.29, 0.717) is 0 Å². The van der Waals surface area contributed by atoms with Crippen molar-refractivity contribution < 1.29 is 0 Å². The zero-order valence-corrected chi connectivity index (χ0v) is 57.1. The van der Waals surface area contributed by atoms with Crippen molar-refractivity contribution in [2.45, 2.75) is 184 Å². The molecule has 88 heavy (non-hydrogen) atoms. The summed E-state index contributed by atoms with van der Waals surface area (Å²) in [6.07, 6.45) is 10.4. The van der Waals surface area contributed by atoms with Gasteiger partial charge in [0.25, 0.3) is 0 Å². The second-order valence-corrected chi connectivity index (χ2v) is 30.5. The topological polar surface area (TPSA) is 14.7 Å². The van der Waals surface area contributed by atoms with E-state index in [9.17, 15) is 0 Å². The number of aromatic nitrogens is 1. The average Bonchev–Trinajstić information content (AvgIpc) is 1.51. The molecule has 9 aromatic rings. The lowest BCUT2D eigenvalue weighted by atomic mass is 9.85. The van der Waals surface area contributed by atoms with Crippen LogP contribution in [0.3, 0.4) is 0 Å². The second kappa shape index (κ2) is 24.5. The molecule has 0 N–H and O–H groups in total. The SMILES string of the molecule is C=C(/C=C\CC)N(C(=C)/C=C\CC)c1cccc(-n2c3ccc(C(C)(C)C)cc3c3cc(C(C)(C)C)ccc32)c1-c1cc(N(c2ccc(C(C)(C)C)cc2)c2ccc(C(C)(C)C)cc2)cc(N(c2ccc(C(C)(C)C)cc2)c2ccc(C(C)(C)C)cc2)c1. The van der Waals surface area contributed by atoms with Gasteiger partial charge >= 0.3 is 0 Å². The number of nitrogens with zero attached hydrogens (tertiary/aromatic N) is 4. The Balaban J connectivity index is 1.50. The lowest BCUT2D eigenvalue weighted by Crippen LogP contribution is -2.20. The lowest BCUT2D eigenvalue weighted by molar-refractivity contribution is 0.590. The third kappa shape index (κ3) is 13.6. The molecule has 0 aliphatic rings. The minimum absolute atomic E-state index is 0.0373.